The van der Waals surface area contributed by atoms with Gasteiger partial charge in [0.15, 0.2) is 0 Å². The molecule has 1 saturated heterocycles. The van der Waals surface area contributed by atoms with E-state index in [1.807, 2.05) is 72.8 Å². The van der Waals surface area contributed by atoms with Crippen molar-refractivity contribution in [1.82, 2.24) is 0 Å². The van der Waals surface area contributed by atoms with Crippen LogP contribution in [0.1, 0.15) is 15.9 Å². The van der Waals surface area contributed by atoms with Gasteiger partial charge < -0.3 is 19.3 Å². The number of ether oxygens (including phenoxy) is 2. The van der Waals surface area contributed by atoms with E-state index in [0.29, 0.717) is 30.3 Å². The Balaban J connectivity index is 1.70. The molecular formula is C25H25ClN2O3. The van der Waals surface area contributed by atoms with Crippen molar-refractivity contribution >= 4 is 28.9 Å². The second-order valence-electron chi connectivity index (χ2n) is 7.30. The lowest BCUT2D eigenvalue weighted by Crippen LogP contribution is -2.36. The van der Waals surface area contributed by atoms with E-state index in [4.69, 9.17) is 21.1 Å². The van der Waals surface area contributed by atoms with Crippen molar-refractivity contribution < 1.29 is 14.3 Å². The maximum atomic E-state index is 13.5. The van der Waals surface area contributed by atoms with Gasteiger partial charge in [-0.2, -0.15) is 0 Å². The minimum atomic E-state index is -0.0957. The van der Waals surface area contributed by atoms with Gasteiger partial charge in [0.25, 0.3) is 5.91 Å². The zero-order valence-electron chi connectivity index (χ0n) is 17.5. The first-order valence-corrected chi connectivity index (χ1v) is 10.7. The van der Waals surface area contributed by atoms with E-state index in [9.17, 15) is 4.79 Å². The van der Waals surface area contributed by atoms with Crippen molar-refractivity contribution in [2.24, 2.45) is 0 Å². The maximum Gasteiger partial charge on any atom is 0.258 e. The molecule has 1 heterocycles. The lowest BCUT2D eigenvalue weighted by Gasteiger charge is -2.30. The Morgan fingerprint density at radius 1 is 1.03 bits per heavy atom. The highest BCUT2D eigenvalue weighted by atomic mass is 35.5. The minimum absolute atomic E-state index is 0.0957. The van der Waals surface area contributed by atoms with Crippen LogP contribution in [0.3, 0.4) is 0 Å². The average molecular weight is 437 g/mol. The van der Waals surface area contributed by atoms with Gasteiger partial charge in [-0.25, -0.2) is 0 Å². The van der Waals surface area contributed by atoms with Crippen LogP contribution in [0, 0.1) is 0 Å². The molecule has 1 fully saturated rings. The summed E-state index contributed by atoms with van der Waals surface area (Å²) in [5, 5.41) is 0.616. The predicted octanol–water partition coefficient (Wildman–Crippen LogP) is 5.03. The van der Waals surface area contributed by atoms with E-state index in [1.165, 1.54) is 0 Å². The topological polar surface area (TPSA) is 42.0 Å². The van der Waals surface area contributed by atoms with Crippen LogP contribution in [0.2, 0.25) is 5.02 Å². The van der Waals surface area contributed by atoms with Crippen LogP contribution in [-0.2, 0) is 11.3 Å². The molecule has 0 atom stereocenters. The third-order valence-electron chi connectivity index (χ3n) is 5.38. The third kappa shape index (κ3) is 4.84. The van der Waals surface area contributed by atoms with Gasteiger partial charge in [-0.1, -0.05) is 48.0 Å². The summed E-state index contributed by atoms with van der Waals surface area (Å²) in [6, 6.07) is 22.8. The molecule has 31 heavy (non-hydrogen) atoms. The largest absolute Gasteiger partial charge is 0.496 e. The van der Waals surface area contributed by atoms with Gasteiger partial charge in [-0.15, -0.1) is 0 Å². The molecule has 160 valence electrons. The molecule has 0 aliphatic carbocycles. The van der Waals surface area contributed by atoms with Gasteiger partial charge in [0.1, 0.15) is 5.75 Å². The van der Waals surface area contributed by atoms with E-state index >= 15 is 0 Å². The lowest BCUT2D eigenvalue weighted by atomic mass is 10.1. The normalized spacial score (nSPS) is 13.7. The maximum absolute atomic E-state index is 13.5. The van der Waals surface area contributed by atoms with Gasteiger partial charge >= 0.3 is 0 Å². The highest BCUT2D eigenvalue weighted by molar-refractivity contribution is 6.33. The number of carbonyl (C=O) groups excluding carboxylic acids is 1. The number of nitrogens with zero attached hydrogens (tertiary/aromatic N) is 2. The second-order valence-corrected chi connectivity index (χ2v) is 7.71. The smallest absolute Gasteiger partial charge is 0.258 e. The number of amides is 1. The van der Waals surface area contributed by atoms with Gasteiger partial charge in [-0.3, -0.25) is 4.79 Å². The van der Waals surface area contributed by atoms with E-state index in [0.717, 1.165) is 35.8 Å². The molecule has 0 saturated carbocycles. The summed E-state index contributed by atoms with van der Waals surface area (Å²) in [7, 11) is 1.64. The summed E-state index contributed by atoms with van der Waals surface area (Å²) < 4.78 is 10.9. The molecule has 6 heteroatoms. The van der Waals surface area contributed by atoms with Gasteiger partial charge in [0.2, 0.25) is 0 Å². The Hall–Kier alpha value is -3.02. The van der Waals surface area contributed by atoms with Crippen LogP contribution < -0.4 is 14.5 Å². The Bertz CT molecular complexity index is 1040. The predicted molar refractivity (Wildman–Crippen MR) is 124 cm³/mol. The van der Waals surface area contributed by atoms with Crippen LogP contribution in [0.15, 0.2) is 72.8 Å². The lowest BCUT2D eigenvalue weighted by molar-refractivity contribution is 0.0985. The number of hydrogen-bond donors (Lipinski definition) is 0. The number of rotatable bonds is 6. The van der Waals surface area contributed by atoms with E-state index in [-0.39, 0.29) is 5.91 Å². The monoisotopic (exact) mass is 436 g/mol. The fourth-order valence-corrected chi connectivity index (χ4v) is 4.04. The molecule has 0 unspecified atom stereocenters. The van der Waals surface area contributed by atoms with Crippen molar-refractivity contribution in [2.45, 2.75) is 6.54 Å². The summed E-state index contributed by atoms with van der Waals surface area (Å²) in [6.45, 7) is 3.33. The zero-order valence-corrected chi connectivity index (χ0v) is 18.2. The Morgan fingerprint density at radius 2 is 1.74 bits per heavy atom. The molecule has 0 aromatic heterocycles. The number of benzene rings is 3. The summed E-state index contributed by atoms with van der Waals surface area (Å²) in [5.41, 5.74) is 3.23. The number of morpholine rings is 1. The third-order valence-corrected chi connectivity index (χ3v) is 5.68. The minimum Gasteiger partial charge on any atom is -0.496 e. The summed E-state index contributed by atoms with van der Waals surface area (Å²) in [6.07, 6.45) is 0. The summed E-state index contributed by atoms with van der Waals surface area (Å²) in [5.74, 6) is 0.645. The van der Waals surface area contributed by atoms with Crippen LogP contribution in [0.4, 0.5) is 11.4 Å². The second kappa shape index (κ2) is 9.86. The van der Waals surface area contributed by atoms with Crippen molar-refractivity contribution in [3.05, 3.63) is 88.9 Å². The van der Waals surface area contributed by atoms with Crippen molar-refractivity contribution in [3.8, 4) is 5.75 Å². The highest BCUT2D eigenvalue weighted by Crippen LogP contribution is 2.33. The summed E-state index contributed by atoms with van der Waals surface area (Å²) >= 11 is 6.67. The van der Waals surface area contributed by atoms with Crippen molar-refractivity contribution in [1.29, 1.82) is 0 Å². The molecule has 1 aliphatic heterocycles. The summed E-state index contributed by atoms with van der Waals surface area (Å²) in [4.78, 5) is 17.4. The molecule has 0 bridgehead atoms. The fourth-order valence-electron chi connectivity index (χ4n) is 3.75. The number of anilines is 2. The number of halogens is 1. The number of carbonyl (C=O) groups is 1. The molecule has 3 aromatic carbocycles. The van der Waals surface area contributed by atoms with E-state index in [2.05, 4.69) is 4.90 Å². The Morgan fingerprint density at radius 3 is 2.45 bits per heavy atom. The van der Waals surface area contributed by atoms with Crippen molar-refractivity contribution in [3.63, 3.8) is 0 Å². The first-order valence-electron chi connectivity index (χ1n) is 10.3. The van der Waals surface area contributed by atoms with Crippen LogP contribution in [-0.4, -0.2) is 39.3 Å². The zero-order chi connectivity index (χ0) is 21.6. The van der Waals surface area contributed by atoms with Crippen LogP contribution in [0.5, 0.6) is 5.75 Å². The fraction of sp³-hybridized carbons (Fsp3) is 0.240. The van der Waals surface area contributed by atoms with E-state index < -0.39 is 0 Å². The molecule has 1 aliphatic rings. The molecule has 3 aromatic rings. The van der Waals surface area contributed by atoms with Crippen molar-refractivity contribution in [2.75, 3.05) is 43.2 Å². The van der Waals surface area contributed by atoms with Crippen LogP contribution >= 0.6 is 11.6 Å². The van der Waals surface area contributed by atoms with Gasteiger partial charge in [0, 0.05) is 29.9 Å². The quantitative estimate of drug-likeness (QED) is 0.543. The molecule has 1 amide bonds. The highest BCUT2D eigenvalue weighted by Gasteiger charge is 2.22. The first-order chi connectivity index (χ1) is 15.2. The Kier molecular flexibility index (Phi) is 6.75. The molecule has 0 N–H and O–H groups in total. The molecule has 0 spiro atoms. The molecule has 5 nitrogen and oxygen atoms in total. The van der Waals surface area contributed by atoms with Crippen LogP contribution in [0.25, 0.3) is 0 Å². The SMILES string of the molecule is COc1ccccc1CN(C(=O)c1ccccc1)c1ccc(N2CCOCC2)c(Cl)c1. The molecule has 4 rings (SSSR count). The number of hydrogen-bond acceptors (Lipinski definition) is 4. The number of para-hydroxylation sites is 1. The van der Waals surface area contributed by atoms with Gasteiger partial charge in [-0.05, 0) is 36.4 Å². The Labute approximate surface area is 187 Å². The average Bonchev–Trinajstić information content (AvgIpc) is 2.83. The molecular weight excluding hydrogens is 412 g/mol. The molecule has 0 radical (unpaired) electrons. The van der Waals surface area contributed by atoms with Gasteiger partial charge in [0.05, 0.1) is 37.6 Å². The first kappa shape index (κ1) is 21.2. The standard InChI is InChI=1S/C25H25ClN2O3/c1-30-24-10-6-5-9-20(24)18-28(25(29)19-7-3-2-4-8-19)21-11-12-23(22(26)17-21)27-13-15-31-16-14-27/h2-12,17H,13-16,18H2,1H3. The van der Waals surface area contributed by atoms with E-state index in [1.54, 1.807) is 12.0 Å². The number of methoxy groups -OCH3 is 1.